The van der Waals surface area contributed by atoms with Gasteiger partial charge >= 0.3 is 5.69 Å². The van der Waals surface area contributed by atoms with E-state index in [9.17, 15) is 10.1 Å². The highest BCUT2D eigenvalue weighted by Gasteiger charge is 2.33. The molecule has 0 spiro atoms. The lowest BCUT2D eigenvalue weighted by atomic mass is 10.1. The molecule has 6 rings (SSSR count). The molecule has 0 saturated carbocycles. The van der Waals surface area contributed by atoms with E-state index >= 15 is 0 Å². The van der Waals surface area contributed by atoms with Crippen LogP contribution < -0.4 is 19.3 Å². The molecule has 3 aliphatic heterocycles. The van der Waals surface area contributed by atoms with Crippen LogP contribution in [0.4, 0.5) is 17.3 Å². The average molecular weight is 518 g/mol. The van der Waals surface area contributed by atoms with Crippen LogP contribution in [-0.2, 0) is 13.1 Å². The number of anilines is 2. The van der Waals surface area contributed by atoms with Crippen molar-refractivity contribution in [3.05, 3.63) is 76.1 Å². The van der Waals surface area contributed by atoms with Crippen LogP contribution in [0.2, 0.25) is 0 Å². The van der Waals surface area contributed by atoms with Crippen molar-refractivity contribution in [2.45, 2.75) is 13.1 Å². The first-order valence-electron chi connectivity index (χ1n) is 13.0. The summed E-state index contributed by atoms with van der Waals surface area (Å²) in [7, 11) is 0. The molecule has 198 valence electrons. The number of hydrogen-bond acceptors (Lipinski definition) is 10. The summed E-state index contributed by atoms with van der Waals surface area (Å²) in [4.78, 5) is 29.5. The monoisotopic (exact) mass is 517 g/mol. The lowest BCUT2D eigenvalue weighted by Crippen LogP contribution is -2.47. The van der Waals surface area contributed by atoms with Crippen molar-refractivity contribution in [3.63, 3.8) is 0 Å². The van der Waals surface area contributed by atoms with Gasteiger partial charge in [0.15, 0.2) is 11.5 Å². The number of rotatable bonds is 7. The number of fused-ring (bicyclic) bond motifs is 1. The fraction of sp³-hybridized carbons (Fsp3) is 0.407. The van der Waals surface area contributed by atoms with E-state index in [1.165, 1.54) is 11.9 Å². The van der Waals surface area contributed by atoms with Gasteiger partial charge in [0, 0.05) is 65.4 Å². The minimum atomic E-state index is -0.319. The van der Waals surface area contributed by atoms with E-state index in [0.717, 1.165) is 56.3 Å². The van der Waals surface area contributed by atoms with E-state index in [-0.39, 0.29) is 17.4 Å². The molecule has 0 unspecified atom stereocenters. The van der Waals surface area contributed by atoms with Crippen LogP contribution in [0.1, 0.15) is 11.1 Å². The molecule has 3 aromatic rings. The molecule has 0 atom stereocenters. The molecular formula is C27H31N7O4. The summed E-state index contributed by atoms with van der Waals surface area (Å²) in [6.45, 7) is 7.83. The van der Waals surface area contributed by atoms with Gasteiger partial charge in [0.2, 0.25) is 18.4 Å². The maximum absolute atomic E-state index is 12.3. The summed E-state index contributed by atoms with van der Waals surface area (Å²) in [5, 5.41) is 12.3. The first-order chi connectivity index (χ1) is 18.6. The topological polar surface area (TPSA) is 100 Å². The van der Waals surface area contributed by atoms with Gasteiger partial charge in [0.1, 0.15) is 6.33 Å². The summed E-state index contributed by atoms with van der Waals surface area (Å²) in [6.07, 6.45) is 1.47. The van der Waals surface area contributed by atoms with Crippen molar-refractivity contribution >= 4 is 17.3 Å². The van der Waals surface area contributed by atoms with Crippen molar-refractivity contribution in [1.29, 1.82) is 0 Å². The van der Waals surface area contributed by atoms with E-state index in [4.69, 9.17) is 9.47 Å². The Bertz CT molecular complexity index is 1280. The SMILES string of the molecule is O=[N+]([O-])c1c(N2CCN(Cc3ccccc3)CC2)ncnc1N1CCN(Cc2ccc3c(c2)OCO3)CC1. The number of ether oxygens (including phenoxy) is 2. The number of hydrogen-bond donors (Lipinski definition) is 0. The van der Waals surface area contributed by atoms with Gasteiger partial charge in [0.25, 0.3) is 0 Å². The molecule has 0 N–H and O–H groups in total. The molecule has 2 fully saturated rings. The second kappa shape index (κ2) is 10.8. The maximum atomic E-state index is 12.3. The third-order valence-electron chi connectivity index (χ3n) is 7.40. The number of nitrogens with zero attached hydrogens (tertiary/aromatic N) is 7. The highest BCUT2D eigenvalue weighted by atomic mass is 16.7. The Kier molecular flexibility index (Phi) is 6.93. The van der Waals surface area contributed by atoms with Gasteiger partial charge < -0.3 is 19.3 Å². The van der Waals surface area contributed by atoms with Gasteiger partial charge in [-0.2, -0.15) is 0 Å². The van der Waals surface area contributed by atoms with Gasteiger partial charge in [-0.25, -0.2) is 9.97 Å². The van der Waals surface area contributed by atoms with E-state index in [1.807, 2.05) is 28.0 Å². The normalized spacial score (nSPS) is 18.1. The average Bonchev–Trinajstić information content (AvgIpc) is 3.42. The zero-order valence-corrected chi connectivity index (χ0v) is 21.2. The molecular weight excluding hydrogens is 486 g/mol. The van der Waals surface area contributed by atoms with Gasteiger partial charge in [-0.15, -0.1) is 0 Å². The predicted octanol–water partition coefficient (Wildman–Crippen LogP) is 2.76. The standard InChI is InChI=1S/C27H31N7O4/c35-34(36)25-26(32-12-8-30(9-13-32)17-21-4-2-1-3-5-21)28-19-29-27(25)33-14-10-31(11-15-33)18-22-6-7-23-24(16-22)38-20-37-23/h1-7,16,19H,8-15,17-18,20H2. The van der Waals surface area contributed by atoms with Gasteiger partial charge in [-0.05, 0) is 23.3 Å². The van der Waals surface area contributed by atoms with Crippen molar-refractivity contribution in [3.8, 4) is 11.5 Å². The molecule has 3 aliphatic rings. The first kappa shape index (κ1) is 24.4. The Balaban J connectivity index is 1.10. The fourth-order valence-corrected chi connectivity index (χ4v) is 5.36. The molecule has 0 amide bonds. The van der Waals surface area contributed by atoms with Gasteiger partial charge in [0.05, 0.1) is 4.92 Å². The number of aromatic nitrogens is 2. The summed E-state index contributed by atoms with van der Waals surface area (Å²) in [5.41, 5.74) is 2.44. The quantitative estimate of drug-likeness (QED) is 0.344. The van der Waals surface area contributed by atoms with Crippen LogP contribution in [0, 0.1) is 10.1 Å². The Labute approximate surface area is 221 Å². The predicted molar refractivity (Wildman–Crippen MR) is 143 cm³/mol. The minimum absolute atomic E-state index is 0.00762. The van der Waals surface area contributed by atoms with Crippen LogP contribution >= 0.6 is 0 Å². The van der Waals surface area contributed by atoms with Crippen molar-refractivity contribution in [2.24, 2.45) is 0 Å². The van der Waals surface area contributed by atoms with E-state index in [2.05, 4.69) is 50.1 Å². The second-order valence-corrected chi connectivity index (χ2v) is 9.83. The van der Waals surface area contributed by atoms with Crippen LogP contribution in [-0.4, -0.2) is 83.8 Å². The smallest absolute Gasteiger partial charge is 0.353 e. The van der Waals surface area contributed by atoms with Gasteiger partial charge in [-0.3, -0.25) is 19.9 Å². The van der Waals surface area contributed by atoms with Crippen LogP contribution in [0.3, 0.4) is 0 Å². The maximum Gasteiger partial charge on any atom is 0.353 e. The molecule has 2 aromatic carbocycles. The number of piperazine rings is 2. The Hall–Kier alpha value is -3.96. The highest BCUT2D eigenvalue weighted by Crippen LogP contribution is 2.36. The molecule has 1 aromatic heterocycles. The van der Waals surface area contributed by atoms with E-state index in [0.29, 0.717) is 37.8 Å². The molecule has 11 heteroatoms. The molecule has 38 heavy (non-hydrogen) atoms. The molecule has 2 saturated heterocycles. The zero-order chi connectivity index (χ0) is 25.9. The third-order valence-corrected chi connectivity index (χ3v) is 7.40. The Morgan fingerprint density at radius 2 is 1.32 bits per heavy atom. The zero-order valence-electron chi connectivity index (χ0n) is 21.2. The van der Waals surface area contributed by atoms with Crippen molar-refractivity contribution in [1.82, 2.24) is 19.8 Å². The number of nitro groups is 1. The van der Waals surface area contributed by atoms with Crippen LogP contribution in [0.25, 0.3) is 0 Å². The van der Waals surface area contributed by atoms with Crippen LogP contribution in [0.5, 0.6) is 11.5 Å². The Morgan fingerprint density at radius 3 is 1.92 bits per heavy atom. The highest BCUT2D eigenvalue weighted by molar-refractivity contribution is 5.71. The summed E-state index contributed by atoms with van der Waals surface area (Å²) < 4.78 is 10.9. The van der Waals surface area contributed by atoms with E-state index in [1.54, 1.807) is 0 Å². The fourth-order valence-electron chi connectivity index (χ4n) is 5.36. The second-order valence-electron chi connectivity index (χ2n) is 9.83. The van der Waals surface area contributed by atoms with Crippen LogP contribution in [0.15, 0.2) is 54.9 Å². The van der Waals surface area contributed by atoms with Crippen molar-refractivity contribution in [2.75, 3.05) is 69.0 Å². The van der Waals surface area contributed by atoms with Crippen molar-refractivity contribution < 1.29 is 14.4 Å². The summed E-state index contributed by atoms with van der Waals surface area (Å²) in [5.74, 6) is 2.39. The molecule has 0 radical (unpaired) electrons. The first-order valence-corrected chi connectivity index (χ1v) is 13.0. The van der Waals surface area contributed by atoms with Gasteiger partial charge in [-0.1, -0.05) is 36.4 Å². The van der Waals surface area contributed by atoms with E-state index < -0.39 is 0 Å². The molecule has 0 aliphatic carbocycles. The lowest BCUT2D eigenvalue weighted by molar-refractivity contribution is -0.383. The third kappa shape index (κ3) is 5.20. The summed E-state index contributed by atoms with van der Waals surface area (Å²) in [6, 6.07) is 16.4. The molecule has 11 nitrogen and oxygen atoms in total. The largest absolute Gasteiger partial charge is 0.454 e. The molecule has 0 bridgehead atoms. The lowest BCUT2D eigenvalue weighted by Gasteiger charge is -2.37. The summed E-state index contributed by atoms with van der Waals surface area (Å²) >= 11 is 0. The molecule has 4 heterocycles. The number of benzene rings is 2. The Morgan fingerprint density at radius 1 is 0.737 bits per heavy atom. The minimum Gasteiger partial charge on any atom is -0.454 e.